The topological polar surface area (TPSA) is 12.9 Å². The third-order valence-corrected chi connectivity index (χ3v) is 3.46. The van der Waals surface area contributed by atoms with Crippen molar-refractivity contribution in [2.45, 2.75) is 100 Å². The van der Waals surface area contributed by atoms with E-state index in [4.69, 9.17) is 0 Å². The molecule has 21 heavy (non-hydrogen) atoms. The number of pyridine rings is 1. The largest absolute Gasteiger partial charge is 0.264 e. The van der Waals surface area contributed by atoms with Gasteiger partial charge in [0.1, 0.15) is 0 Å². The van der Waals surface area contributed by atoms with Crippen LogP contribution in [-0.4, -0.2) is 4.98 Å². The number of aromatic nitrogens is 1. The van der Waals surface area contributed by atoms with Gasteiger partial charge in [-0.1, -0.05) is 81.7 Å². The second-order valence-corrected chi connectivity index (χ2v) is 4.91. The predicted molar refractivity (Wildman–Crippen MR) is 100 cm³/mol. The number of hydrogen-bond acceptors (Lipinski definition) is 1. The molecule has 0 aliphatic rings. The fraction of sp³-hybridized carbons (Fsp3) is 0.750. The Hall–Kier alpha value is -0.850. The molecular formula is C20H41N. The van der Waals surface area contributed by atoms with Crippen molar-refractivity contribution in [1.82, 2.24) is 4.98 Å². The summed E-state index contributed by atoms with van der Waals surface area (Å²) < 4.78 is 0. The van der Waals surface area contributed by atoms with Crippen LogP contribution in [0.2, 0.25) is 0 Å². The molecule has 0 N–H and O–H groups in total. The average Bonchev–Trinajstić information content (AvgIpc) is 2.58. The normalized spacial score (nSPS) is 9.24. The highest BCUT2D eigenvalue weighted by Gasteiger charge is 2.22. The minimum atomic E-state index is 0.304. The second-order valence-electron chi connectivity index (χ2n) is 4.91. The summed E-state index contributed by atoms with van der Waals surface area (Å²) in [6.07, 6.45) is 8.67. The maximum Gasteiger partial charge on any atom is 0.0305 e. The quantitative estimate of drug-likeness (QED) is 0.572. The van der Waals surface area contributed by atoms with Gasteiger partial charge in [0, 0.05) is 12.4 Å². The van der Waals surface area contributed by atoms with E-state index in [1.165, 1.54) is 30.4 Å². The van der Waals surface area contributed by atoms with Crippen molar-refractivity contribution in [2.24, 2.45) is 0 Å². The molecule has 1 aromatic rings. The summed E-state index contributed by atoms with van der Waals surface area (Å²) in [5, 5.41) is 0. The Bertz CT molecular complexity index is 300. The van der Waals surface area contributed by atoms with Crippen LogP contribution in [0.1, 0.15) is 99.6 Å². The Morgan fingerprint density at radius 3 is 1.62 bits per heavy atom. The number of rotatable bonds is 4. The molecule has 0 saturated heterocycles. The molecule has 126 valence electrons. The van der Waals surface area contributed by atoms with Gasteiger partial charge in [-0.3, -0.25) is 4.98 Å². The Labute approximate surface area is 135 Å². The van der Waals surface area contributed by atoms with E-state index in [0.29, 0.717) is 5.41 Å². The van der Waals surface area contributed by atoms with Gasteiger partial charge in [-0.2, -0.15) is 0 Å². The molecular weight excluding hydrogens is 254 g/mol. The van der Waals surface area contributed by atoms with E-state index in [1.54, 1.807) is 0 Å². The summed E-state index contributed by atoms with van der Waals surface area (Å²) in [7, 11) is 0. The zero-order valence-electron chi connectivity index (χ0n) is 16.5. The van der Waals surface area contributed by atoms with E-state index in [2.05, 4.69) is 52.6 Å². The van der Waals surface area contributed by atoms with Crippen molar-refractivity contribution >= 4 is 0 Å². The van der Waals surface area contributed by atoms with Crippen LogP contribution < -0.4 is 0 Å². The van der Waals surface area contributed by atoms with Gasteiger partial charge in [-0.25, -0.2) is 0 Å². The van der Waals surface area contributed by atoms with Crippen LogP contribution in [0.4, 0.5) is 0 Å². The molecule has 0 amide bonds. The van der Waals surface area contributed by atoms with Gasteiger partial charge < -0.3 is 0 Å². The first-order valence-electron chi connectivity index (χ1n) is 9.02. The van der Waals surface area contributed by atoms with Gasteiger partial charge in [-0.15, -0.1) is 0 Å². The highest BCUT2D eigenvalue weighted by molar-refractivity contribution is 5.25. The molecule has 0 bridgehead atoms. The third kappa shape index (κ3) is 10.5. The number of aryl methyl sites for hydroxylation is 1. The van der Waals surface area contributed by atoms with Crippen molar-refractivity contribution < 1.29 is 0 Å². The van der Waals surface area contributed by atoms with Crippen molar-refractivity contribution in [2.75, 3.05) is 0 Å². The standard InChI is InChI=1S/C13H21N.C3H8.2C2H6/c1-5-11-8-12(10-14-9-11)13(4,6-2)7-3;1-3-2;2*1-2/h8-10H,5-7H2,1-4H3;3H2,1-2H3;2*1-2H3. The lowest BCUT2D eigenvalue weighted by atomic mass is 9.78. The molecule has 0 aliphatic carbocycles. The van der Waals surface area contributed by atoms with Gasteiger partial charge >= 0.3 is 0 Å². The molecule has 0 radical (unpaired) electrons. The summed E-state index contributed by atoms with van der Waals surface area (Å²) in [6.45, 7) is 21.3. The van der Waals surface area contributed by atoms with E-state index in [1.807, 2.05) is 40.1 Å². The second kappa shape index (κ2) is 17.2. The van der Waals surface area contributed by atoms with Crippen LogP contribution in [-0.2, 0) is 11.8 Å². The zero-order valence-corrected chi connectivity index (χ0v) is 16.5. The van der Waals surface area contributed by atoms with Gasteiger partial charge in [0.25, 0.3) is 0 Å². The van der Waals surface area contributed by atoms with Crippen LogP contribution in [0.25, 0.3) is 0 Å². The first-order valence-corrected chi connectivity index (χ1v) is 9.02. The molecule has 0 fully saturated rings. The molecule has 0 aromatic carbocycles. The van der Waals surface area contributed by atoms with Gasteiger partial charge in [0.05, 0.1) is 0 Å². The van der Waals surface area contributed by atoms with E-state index in [0.717, 1.165) is 6.42 Å². The lowest BCUT2D eigenvalue weighted by Crippen LogP contribution is -2.19. The SMILES string of the molecule is CC.CC.CCC.CCc1cncc(C(C)(CC)CC)c1. The summed E-state index contributed by atoms with van der Waals surface area (Å²) in [5.74, 6) is 0. The minimum absolute atomic E-state index is 0.304. The fourth-order valence-electron chi connectivity index (χ4n) is 1.67. The van der Waals surface area contributed by atoms with Crippen molar-refractivity contribution in [3.05, 3.63) is 29.6 Å². The van der Waals surface area contributed by atoms with Gasteiger partial charge in [0.2, 0.25) is 0 Å². The first-order chi connectivity index (χ1) is 10.1. The molecule has 1 heterocycles. The lowest BCUT2D eigenvalue weighted by molar-refractivity contribution is 0.437. The predicted octanol–water partition coefficient (Wildman–Crippen LogP) is 7.19. The summed E-state index contributed by atoms with van der Waals surface area (Å²) in [4.78, 5) is 4.32. The monoisotopic (exact) mass is 295 g/mol. The van der Waals surface area contributed by atoms with Gasteiger partial charge in [0.15, 0.2) is 0 Å². The van der Waals surface area contributed by atoms with Crippen molar-refractivity contribution in [1.29, 1.82) is 0 Å². The Morgan fingerprint density at radius 2 is 1.29 bits per heavy atom. The highest BCUT2D eigenvalue weighted by atomic mass is 14.6. The molecule has 0 unspecified atom stereocenters. The number of nitrogens with zero attached hydrogens (tertiary/aromatic N) is 1. The zero-order chi connectivity index (χ0) is 17.3. The lowest BCUT2D eigenvalue weighted by Gasteiger charge is -2.27. The molecule has 1 heteroatoms. The Balaban J connectivity index is -0.000000399. The van der Waals surface area contributed by atoms with Crippen LogP contribution in [0.3, 0.4) is 0 Å². The smallest absolute Gasteiger partial charge is 0.0305 e. The maximum atomic E-state index is 4.32. The molecule has 0 saturated carbocycles. The van der Waals surface area contributed by atoms with E-state index in [9.17, 15) is 0 Å². The molecule has 0 spiro atoms. The van der Waals surface area contributed by atoms with Crippen LogP contribution >= 0.6 is 0 Å². The van der Waals surface area contributed by atoms with Crippen LogP contribution in [0, 0.1) is 0 Å². The van der Waals surface area contributed by atoms with Crippen LogP contribution in [0.5, 0.6) is 0 Å². The van der Waals surface area contributed by atoms with E-state index in [-0.39, 0.29) is 0 Å². The van der Waals surface area contributed by atoms with Crippen molar-refractivity contribution in [3.8, 4) is 0 Å². The third-order valence-electron chi connectivity index (χ3n) is 3.46. The van der Waals surface area contributed by atoms with Gasteiger partial charge in [-0.05, 0) is 35.8 Å². The first kappa shape index (κ1) is 25.1. The Kier molecular flexibility index (Phi) is 20.6. The summed E-state index contributed by atoms with van der Waals surface area (Å²) >= 11 is 0. The van der Waals surface area contributed by atoms with E-state index >= 15 is 0 Å². The summed E-state index contributed by atoms with van der Waals surface area (Å²) in [6, 6.07) is 2.31. The maximum absolute atomic E-state index is 4.32. The average molecular weight is 296 g/mol. The molecule has 1 nitrogen and oxygen atoms in total. The molecule has 0 aliphatic heterocycles. The molecule has 1 aromatic heterocycles. The summed E-state index contributed by atoms with van der Waals surface area (Å²) in [5.41, 5.74) is 3.04. The van der Waals surface area contributed by atoms with Crippen molar-refractivity contribution in [3.63, 3.8) is 0 Å². The fourth-order valence-corrected chi connectivity index (χ4v) is 1.67. The molecule has 0 atom stereocenters. The molecule has 1 rings (SSSR count). The van der Waals surface area contributed by atoms with E-state index < -0.39 is 0 Å². The number of hydrogen-bond donors (Lipinski definition) is 0. The highest BCUT2D eigenvalue weighted by Crippen LogP contribution is 2.30. The Morgan fingerprint density at radius 1 is 0.857 bits per heavy atom. The van der Waals surface area contributed by atoms with Crippen LogP contribution in [0.15, 0.2) is 18.5 Å². The minimum Gasteiger partial charge on any atom is -0.264 e.